The molecular formula is C18H40CaO4P2S4. The first-order chi connectivity index (χ1) is 12.7. The van der Waals surface area contributed by atoms with Gasteiger partial charge in [0.1, 0.15) is 0 Å². The van der Waals surface area contributed by atoms with Gasteiger partial charge in [-0.05, 0) is 23.7 Å². The van der Waals surface area contributed by atoms with Crippen molar-refractivity contribution < 1.29 is 18.1 Å². The van der Waals surface area contributed by atoms with Gasteiger partial charge in [0.25, 0.3) is 0 Å². The number of hydrogen-bond acceptors (Lipinski definition) is 8. The van der Waals surface area contributed by atoms with E-state index in [9.17, 15) is 0 Å². The summed E-state index contributed by atoms with van der Waals surface area (Å²) in [5.41, 5.74) is -4.79. The van der Waals surface area contributed by atoms with Crippen molar-refractivity contribution >= 4 is 97.2 Å². The van der Waals surface area contributed by atoms with Crippen molar-refractivity contribution in [3.05, 3.63) is 0 Å². The van der Waals surface area contributed by atoms with Crippen molar-refractivity contribution in [1.29, 1.82) is 0 Å². The van der Waals surface area contributed by atoms with Crippen LogP contribution in [0.4, 0.5) is 0 Å². The van der Waals surface area contributed by atoms with Gasteiger partial charge in [-0.3, -0.25) is 0 Å². The van der Waals surface area contributed by atoms with Crippen molar-refractivity contribution in [3.63, 3.8) is 0 Å². The number of hydrogen-bond donors (Lipinski definition) is 0. The molecule has 0 fully saturated rings. The standard InChI is InChI=1S/2C9H21O2PS2.Ca/c2*1-5-9(4)7-11-12(13,14)10-6-8(2)3;/h2*8-9H,5-7H2,1-4H3,(H,13,14);/q;;+2/p-2. The van der Waals surface area contributed by atoms with Crippen LogP contribution in [0.15, 0.2) is 0 Å². The third-order valence-corrected chi connectivity index (χ3v) is 7.95. The Balaban J connectivity index is -0.000000451. The van der Waals surface area contributed by atoms with Crippen LogP contribution in [0.3, 0.4) is 0 Å². The fourth-order valence-corrected chi connectivity index (χ4v) is 4.67. The average molecular weight is 551 g/mol. The predicted octanol–water partition coefficient (Wildman–Crippen LogP) is 6.61. The van der Waals surface area contributed by atoms with E-state index >= 15 is 0 Å². The molecule has 4 unspecified atom stereocenters. The molecule has 0 N–H and O–H groups in total. The Morgan fingerprint density at radius 3 is 1.07 bits per heavy atom. The molecule has 0 radical (unpaired) electrons. The molecule has 0 amide bonds. The first-order valence-corrected chi connectivity index (χ1v) is 17.2. The van der Waals surface area contributed by atoms with E-state index in [0.29, 0.717) is 50.1 Å². The van der Waals surface area contributed by atoms with Crippen LogP contribution < -0.4 is 0 Å². The van der Waals surface area contributed by atoms with Gasteiger partial charge in [0.15, 0.2) is 0 Å². The Kier molecular flexibility index (Phi) is 25.9. The van der Waals surface area contributed by atoms with Crippen molar-refractivity contribution in [1.82, 2.24) is 0 Å². The van der Waals surface area contributed by atoms with Crippen molar-refractivity contribution in [2.45, 2.75) is 68.2 Å². The van der Waals surface area contributed by atoms with Crippen LogP contribution in [-0.2, 0) is 66.2 Å². The minimum atomic E-state index is -2.40. The summed E-state index contributed by atoms with van der Waals surface area (Å²) < 4.78 is 21.7. The van der Waals surface area contributed by atoms with Crippen molar-refractivity contribution in [2.75, 3.05) is 26.4 Å². The second kappa shape index (κ2) is 20.5. The summed E-state index contributed by atoms with van der Waals surface area (Å²) in [6, 6.07) is 0. The SMILES string of the molecule is CCC(C)COP(=S)([S-])OCC(C)C.CCC(C)COP(=S)([S-])OCC(C)C.[Ca+2]. The van der Waals surface area contributed by atoms with E-state index in [0.717, 1.165) is 12.8 Å². The van der Waals surface area contributed by atoms with Gasteiger partial charge in [0.2, 0.25) is 0 Å². The Labute approximate surface area is 231 Å². The van der Waals surface area contributed by atoms with Crippen LogP contribution in [0, 0.1) is 23.7 Å². The van der Waals surface area contributed by atoms with E-state index in [2.05, 4.69) is 55.4 Å². The molecule has 0 spiro atoms. The van der Waals surface area contributed by atoms with Gasteiger partial charge >= 0.3 is 37.7 Å². The quantitative estimate of drug-likeness (QED) is 0.136. The molecule has 0 aromatic heterocycles. The van der Waals surface area contributed by atoms with Crippen LogP contribution in [0.1, 0.15) is 68.2 Å². The van der Waals surface area contributed by atoms with Crippen LogP contribution in [-0.4, -0.2) is 64.2 Å². The summed E-state index contributed by atoms with van der Waals surface area (Å²) in [5.74, 6) is 1.91. The molecule has 0 aliphatic heterocycles. The summed E-state index contributed by atoms with van der Waals surface area (Å²) in [5, 5.41) is 0. The van der Waals surface area contributed by atoms with E-state index in [1.165, 1.54) is 0 Å². The number of rotatable bonds is 14. The summed E-state index contributed by atoms with van der Waals surface area (Å²) in [6.07, 6.45) is 2.16. The maximum Gasteiger partial charge on any atom is 2.00 e. The molecule has 0 aromatic carbocycles. The van der Waals surface area contributed by atoms with Gasteiger partial charge in [0, 0.05) is 0 Å². The summed E-state index contributed by atoms with van der Waals surface area (Å²) >= 11 is 20.4. The van der Waals surface area contributed by atoms with Crippen LogP contribution in [0.25, 0.3) is 0 Å². The summed E-state index contributed by atoms with van der Waals surface area (Å²) in [7, 11) is 0. The predicted molar refractivity (Wildman–Crippen MR) is 141 cm³/mol. The largest absolute Gasteiger partial charge is 2.00 e. The molecule has 0 heterocycles. The normalized spacial score (nSPS) is 17.5. The van der Waals surface area contributed by atoms with Gasteiger partial charge in [0.05, 0.1) is 37.8 Å². The molecule has 29 heavy (non-hydrogen) atoms. The van der Waals surface area contributed by atoms with E-state index in [1.807, 2.05) is 0 Å². The van der Waals surface area contributed by atoms with E-state index in [4.69, 9.17) is 66.2 Å². The fourth-order valence-electron chi connectivity index (χ4n) is 1.23. The van der Waals surface area contributed by atoms with Gasteiger partial charge in [-0.2, -0.15) is 0 Å². The minimum absolute atomic E-state index is 0. The Bertz CT molecular complexity index is 443. The first-order valence-electron chi connectivity index (χ1n) is 9.94. The Morgan fingerprint density at radius 2 is 0.862 bits per heavy atom. The zero-order valence-corrected chi connectivity index (χ0v) is 26.7. The molecule has 0 aliphatic carbocycles. The average Bonchev–Trinajstić information content (AvgIpc) is 2.61. The molecule has 0 saturated carbocycles. The third kappa shape index (κ3) is 27.2. The molecule has 11 heteroatoms. The Hall–Kier alpha value is 3.10. The molecule has 4 atom stereocenters. The van der Waals surface area contributed by atoms with E-state index < -0.39 is 11.4 Å². The third-order valence-electron chi connectivity index (χ3n) is 3.56. The fraction of sp³-hybridized carbons (Fsp3) is 1.00. The van der Waals surface area contributed by atoms with Gasteiger partial charge in [-0.1, -0.05) is 91.8 Å². The van der Waals surface area contributed by atoms with E-state index in [1.54, 1.807) is 0 Å². The first kappa shape index (κ1) is 36.7. The molecule has 4 nitrogen and oxygen atoms in total. The molecule has 172 valence electrons. The molecule has 0 saturated heterocycles. The summed E-state index contributed by atoms with van der Waals surface area (Å²) in [4.78, 5) is 0. The van der Waals surface area contributed by atoms with Gasteiger partial charge in [-0.25, -0.2) is 0 Å². The minimum Gasteiger partial charge on any atom is -0.691 e. The van der Waals surface area contributed by atoms with Crippen molar-refractivity contribution in [3.8, 4) is 0 Å². The molecule has 0 aromatic rings. The second-order valence-electron chi connectivity index (χ2n) is 7.89. The molecule has 0 aliphatic rings. The monoisotopic (exact) mass is 550 g/mol. The van der Waals surface area contributed by atoms with Crippen molar-refractivity contribution in [2.24, 2.45) is 23.7 Å². The zero-order valence-electron chi connectivity index (χ0n) is 19.4. The molecule has 0 bridgehead atoms. The topological polar surface area (TPSA) is 36.9 Å². The van der Waals surface area contributed by atoms with Crippen LogP contribution >= 0.6 is 11.4 Å². The van der Waals surface area contributed by atoms with Gasteiger partial charge in [-0.15, -0.1) is 0 Å². The molecular weight excluding hydrogens is 510 g/mol. The maximum atomic E-state index is 5.45. The smallest absolute Gasteiger partial charge is 0.691 e. The maximum absolute atomic E-state index is 5.45. The summed E-state index contributed by atoms with van der Waals surface area (Å²) in [6.45, 7) is 19.2. The van der Waals surface area contributed by atoms with Gasteiger partial charge < -0.3 is 42.6 Å². The van der Waals surface area contributed by atoms with Crippen LogP contribution in [0.5, 0.6) is 0 Å². The molecule has 0 rings (SSSR count). The zero-order chi connectivity index (χ0) is 22.4. The van der Waals surface area contributed by atoms with Crippen LogP contribution in [0.2, 0.25) is 0 Å². The van der Waals surface area contributed by atoms with E-state index in [-0.39, 0.29) is 37.7 Å². The second-order valence-corrected chi connectivity index (χ2v) is 17.9. The Morgan fingerprint density at radius 1 is 0.621 bits per heavy atom.